The van der Waals surface area contributed by atoms with Crippen LogP contribution in [0.2, 0.25) is 0 Å². The zero-order valence-electron chi connectivity index (χ0n) is 10.8. The second kappa shape index (κ2) is 5.52. The van der Waals surface area contributed by atoms with E-state index in [0.717, 1.165) is 38.8 Å². The average Bonchev–Trinajstić information content (AvgIpc) is 3.16. The van der Waals surface area contributed by atoms with Crippen molar-refractivity contribution in [2.75, 3.05) is 23.8 Å². The quantitative estimate of drug-likeness (QED) is 0.839. The van der Waals surface area contributed by atoms with Gasteiger partial charge in [0.05, 0.1) is 6.10 Å². The third kappa shape index (κ3) is 3.41. The van der Waals surface area contributed by atoms with Crippen LogP contribution in [0.25, 0.3) is 0 Å². The smallest absolute Gasteiger partial charge is 0.228 e. The lowest BCUT2D eigenvalue weighted by molar-refractivity contribution is -0.117. The first kappa shape index (κ1) is 12.3. The number of anilines is 2. The van der Waals surface area contributed by atoms with E-state index in [9.17, 15) is 4.79 Å². The highest BCUT2D eigenvalue weighted by Gasteiger charge is 2.29. The van der Waals surface area contributed by atoms with Gasteiger partial charge in [0.15, 0.2) is 5.82 Å². The van der Waals surface area contributed by atoms with Crippen LogP contribution in [-0.2, 0) is 9.53 Å². The Morgan fingerprint density at radius 2 is 2.05 bits per heavy atom. The molecule has 1 unspecified atom stereocenters. The van der Waals surface area contributed by atoms with E-state index in [-0.39, 0.29) is 17.9 Å². The second-order valence-electron chi connectivity index (χ2n) is 5.08. The number of rotatable bonds is 5. The molecule has 2 fully saturated rings. The fourth-order valence-corrected chi connectivity index (χ4v) is 2.09. The highest BCUT2D eigenvalue weighted by atomic mass is 16.5. The molecule has 2 heterocycles. The molecule has 2 N–H and O–H groups in total. The summed E-state index contributed by atoms with van der Waals surface area (Å²) >= 11 is 0. The Labute approximate surface area is 111 Å². The van der Waals surface area contributed by atoms with E-state index in [0.29, 0.717) is 11.6 Å². The number of hydrogen-bond donors (Lipinski definition) is 2. The van der Waals surface area contributed by atoms with Gasteiger partial charge in [-0.1, -0.05) is 0 Å². The molecule has 1 aromatic heterocycles. The lowest BCUT2D eigenvalue weighted by Gasteiger charge is -2.11. The predicted octanol–water partition coefficient (Wildman–Crippen LogP) is 1.42. The summed E-state index contributed by atoms with van der Waals surface area (Å²) in [4.78, 5) is 11.5. The minimum Gasteiger partial charge on any atom is -0.376 e. The van der Waals surface area contributed by atoms with Gasteiger partial charge < -0.3 is 15.4 Å². The Bertz CT molecular complexity index is 438. The van der Waals surface area contributed by atoms with E-state index in [2.05, 4.69) is 20.8 Å². The van der Waals surface area contributed by atoms with E-state index < -0.39 is 0 Å². The van der Waals surface area contributed by atoms with E-state index in [1.54, 1.807) is 6.07 Å². The van der Waals surface area contributed by atoms with E-state index in [4.69, 9.17) is 4.74 Å². The monoisotopic (exact) mass is 262 g/mol. The van der Waals surface area contributed by atoms with Gasteiger partial charge in [0.25, 0.3) is 0 Å². The molecular weight excluding hydrogens is 244 g/mol. The standard InChI is InChI=1S/C13H18N4O2/c18-13(9-3-4-9)15-12-6-5-11(16-17-12)14-8-10-2-1-7-19-10/h5-6,9-10H,1-4,7-8H2,(H,14,16)(H,15,17,18). The normalized spacial score (nSPS) is 22.2. The van der Waals surface area contributed by atoms with Gasteiger partial charge in [0.2, 0.25) is 5.91 Å². The van der Waals surface area contributed by atoms with Crippen molar-refractivity contribution in [3.05, 3.63) is 12.1 Å². The zero-order valence-corrected chi connectivity index (χ0v) is 10.8. The highest BCUT2D eigenvalue weighted by Crippen LogP contribution is 2.29. The van der Waals surface area contributed by atoms with Crippen LogP contribution in [0, 0.1) is 5.92 Å². The van der Waals surface area contributed by atoms with Gasteiger partial charge in [0, 0.05) is 19.1 Å². The van der Waals surface area contributed by atoms with Crippen LogP contribution in [0.4, 0.5) is 11.6 Å². The molecule has 6 heteroatoms. The maximum atomic E-state index is 11.5. The molecule has 1 atom stereocenters. The van der Waals surface area contributed by atoms with Gasteiger partial charge >= 0.3 is 0 Å². The Morgan fingerprint density at radius 3 is 2.68 bits per heavy atom. The molecule has 0 bridgehead atoms. The van der Waals surface area contributed by atoms with Gasteiger partial charge in [0.1, 0.15) is 5.82 Å². The molecule has 1 saturated heterocycles. The van der Waals surface area contributed by atoms with Crippen LogP contribution in [0.5, 0.6) is 0 Å². The third-order valence-electron chi connectivity index (χ3n) is 3.40. The van der Waals surface area contributed by atoms with Gasteiger partial charge in [-0.05, 0) is 37.8 Å². The number of hydrogen-bond acceptors (Lipinski definition) is 5. The first-order valence-corrected chi connectivity index (χ1v) is 6.81. The molecule has 0 radical (unpaired) electrons. The summed E-state index contributed by atoms with van der Waals surface area (Å²) in [6.07, 6.45) is 4.47. The first-order valence-electron chi connectivity index (χ1n) is 6.81. The molecule has 19 heavy (non-hydrogen) atoms. The van der Waals surface area contributed by atoms with Gasteiger partial charge in [-0.15, -0.1) is 10.2 Å². The molecule has 1 aliphatic heterocycles. The Morgan fingerprint density at radius 1 is 1.26 bits per heavy atom. The summed E-state index contributed by atoms with van der Waals surface area (Å²) in [5.74, 6) is 1.45. The largest absolute Gasteiger partial charge is 0.376 e. The van der Waals surface area contributed by atoms with Crippen molar-refractivity contribution in [1.82, 2.24) is 10.2 Å². The minimum absolute atomic E-state index is 0.0503. The van der Waals surface area contributed by atoms with E-state index in [1.807, 2.05) is 6.07 Å². The number of ether oxygens (including phenoxy) is 1. The summed E-state index contributed by atoms with van der Waals surface area (Å²) in [6.45, 7) is 1.60. The molecule has 1 aliphatic carbocycles. The first-order chi connectivity index (χ1) is 9.31. The van der Waals surface area contributed by atoms with Gasteiger partial charge in [-0.2, -0.15) is 0 Å². The average molecular weight is 262 g/mol. The van der Waals surface area contributed by atoms with Crippen LogP contribution in [0.1, 0.15) is 25.7 Å². The predicted molar refractivity (Wildman–Crippen MR) is 70.8 cm³/mol. The Kier molecular flexibility index (Phi) is 3.59. The van der Waals surface area contributed by atoms with Crippen molar-refractivity contribution in [2.45, 2.75) is 31.8 Å². The van der Waals surface area contributed by atoms with Crippen molar-refractivity contribution in [2.24, 2.45) is 5.92 Å². The van der Waals surface area contributed by atoms with Gasteiger partial charge in [-0.3, -0.25) is 4.79 Å². The fraction of sp³-hybridized carbons (Fsp3) is 0.615. The third-order valence-corrected chi connectivity index (χ3v) is 3.40. The molecule has 0 spiro atoms. The minimum atomic E-state index is 0.0503. The van der Waals surface area contributed by atoms with E-state index in [1.165, 1.54) is 0 Å². The van der Waals surface area contributed by atoms with Crippen LogP contribution >= 0.6 is 0 Å². The number of nitrogens with zero attached hydrogens (tertiary/aromatic N) is 2. The van der Waals surface area contributed by atoms with E-state index >= 15 is 0 Å². The summed E-state index contributed by atoms with van der Waals surface area (Å²) in [5, 5.41) is 14.0. The molecular formula is C13H18N4O2. The Hall–Kier alpha value is -1.69. The lowest BCUT2D eigenvalue weighted by Crippen LogP contribution is -2.19. The summed E-state index contributed by atoms with van der Waals surface area (Å²) in [5.41, 5.74) is 0. The van der Waals surface area contributed by atoms with Crippen molar-refractivity contribution in [1.29, 1.82) is 0 Å². The molecule has 2 aliphatic rings. The number of amides is 1. The Balaban J connectivity index is 1.48. The van der Waals surface area contributed by atoms with Crippen molar-refractivity contribution in [3.63, 3.8) is 0 Å². The van der Waals surface area contributed by atoms with Crippen molar-refractivity contribution in [3.8, 4) is 0 Å². The SMILES string of the molecule is O=C(Nc1ccc(NCC2CCCO2)nn1)C1CC1. The molecule has 1 amide bonds. The van der Waals surface area contributed by atoms with Crippen molar-refractivity contribution < 1.29 is 9.53 Å². The number of nitrogens with one attached hydrogen (secondary N) is 2. The van der Waals surface area contributed by atoms with Crippen LogP contribution < -0.4 is 10.6 Å². The maximum absolute atomic E-state index is 11.5. The van der Waals surface area contributed by atoms with Crippen LogP contribution in [0.15, 0.2) is 12.1 Å². The molecule has 1 saturated carbocycles. The topological polar surface area (TPSA) is 76.1 Å². The fourth-order valence-electron chi connectivity index (χ4n) is 2.09. The molecule has 3 rings (SSSR count). The molecule has 102 valence electrons. The summed E-state index contributed by atoms with van der Waals surface area (Å²) in [6, 6.07) is 3.59. The van der Waals surface area contributed by atoms with Crippen molar-refractivity contribution >= 4 is 17.5 Å². The van der Waals surface area contributed by atoms with Gasteiger partial charge in [-0.25, -0.2) is 0 Å². The highest BCUT2D eigenvalue weighted by molar-refractivity contribution is 5.93. The summed E-state index contributed by atoms with van der Waals surface area (Å²) in [7, 11) is 0. The van der Waals surface area contributed by atoms with Crippen LogP contribution in [0.3, 0.4) is 0 Å². The lowest BCUT2D eigenvalue weighted by atomic mass is 10.2. The molecule has 1 aromatic rings. The second-order valence-corrected chi connectivity index (χ2v) is 5.08. The zero-order chi connectivity index (χ0) is 13.1. The number of aromatic nitrogens is 2. The number of carbonyl (C=O) groups excluding carboxylic acids is 1. The molecule has 0 aromatic carbocycles. The maximum Gasteiger partial charge on any atom is 0.228 e. The number of carbonyl (C=O) groups is 1. The molecule has 6 nitrogen and oxygen atoms in total. The van der Waals surface area contributed by atoms with Crippen LogP contribution in [-0.4, -0.2) is 35.4 Å². The summed E-state index contributed by atoms with van der Waals surface area (Å²) < 4.78 is 5.52.